The third kappa shape index (κ3) is 2.45. The third-order valence-electron chi connectivity index (χ3n) is 4.25. The van der Waals surface area contributed by atoms with Gasteiger partial charge in [0.1, 0.15) is 0 Å². The van der Waals surface area contributed by atoms with E-state index in [9.17, 15) is 4.79 Å². The number of hydrogen-bond acceptors (Lipinski definition) is 3. The molecule has 0 bridgehead atoms. The number of likely N-dealkylation sites (tertiary alicyclic amines) is 1. The van der Waals surface area contributed by atoms with Crippen LogP contribution in [0.1, 0.15) is 11.1 Å². The first-order valence-corrected chi connectivity index (χ1v) is 6.85. The zero-order chi connectivity index (χ0) is 14.1. The number of piperidine rings is 1. The molecule has 2 aliphatic rings. The molecule has 2 fully saturated rings. The van der Waals surface area contributed by atoms with Crippen LogP contribution in [-0.4, -0.2) is 29.9 Å². The quantitative estimate of drug-likeness (QED) is 0.836. The Kier molecular flexibility index (Phi) is 3.29. The molecule has 1 saturated carbocycles. The van der Waals surface area contributed by atoms with Crippen LogP contribution in [-0.2, 0) is 11.3 Å². The van der Waals surface area contributed by atoms with Crippen molar-refractivity contribution in [2.75, 3.05) is 13.1 Å². The summed E-state index contributed by atoms with van der Waals surface area (Å²) in [5.41, 5.74) is 1.93. The van der Waals surface area contributed by atoms with Gasteiger partial charge in [-0.25, -0.2) is 0 Å². The number of carbonyl (C=O) groups excluding carboxylic acids is 1. The van der Waals surface area contributed by atoms with Crippen molar-refractivity contribution < 1.29 is 4.79 Å². The number of carbonyl (C=O) groups is 1. The van der Waals surface area contributed by atoms with Crippen LogP contribution >= 0.6 is 0 Å². The summed E-state index contributed by atoms with van der Waals surface area (Å²) in [5, 5.41) is 11.8. The van der Waals surface area contributed by atoms with Gasteiger partial charge in [-0.3, -0.25) is 9.69 Å². The lowest BCUT2D eigenvalue weighted by atomic mass is 10.1. The van der Waals surface area contributed by atoms with E-state index < -0.39 is 0 Å². The Morgan fingerprint density at radius 3 is 2.60 bits per heavy atom. The summed E-state index contributed by atoms with van der Waals surface area (Å²) < 4.78 is 0. The number of amides is 1. The molecule has 0 spiro atoms. The number of benzene rings is 1. The molecule has 3 rings (SSSR count). The monoisotopic (exact) mass is 267 g/mol. The van der Waals surface area contributed by atoms with Gasteiger partial charge >= 0.3 is 0 Å². The Bertz CT molecular complexity index is 560. The summed E-state index contributed by atoms with van der Waals surface area (Å²) >= 11 is 0. The van der Waals surface area contributed by atoms with Crippen LogP contribution in [0.5, 0.6) is 0 Å². The molecule has 0 aromatic heterocycles. The van der Waals surface area contributed by atoms with Crippen LogP contribution in [0.3, 0.4) is 0 Å². The van der Waals surface area contributed by atoms with Gasteiger partial charge in [0.05, 0.1) is 11.6 Å². The highest BCUT2D eigenvalue weighted by Crippen LogP contribution is 2.45. The van der Waals surface area contributed by atoms with E-state index in [1.807, 2.05) is 24.3 Å². The van der Waals surface area contributed by atoms with Gasteiger partial charge in [-0.05, 0) is 35.6 Å². The molecule has 1 aliphatic carbocycles. The average Bonchev–Trinajstić information content (AvgIpc) is 2.92. The molecule has 1 saturated heterocycles. The van der Waals surface area contributed by atoms with Gasteiger partial charge in [-0.1, -0.05) is 18.7 Å². The topological polar surface area (TPSA) is 56.1 Å². The van der Waals surface area contributed by atoms with E-state index in [2.05, 4.69) is 22.9 Å². The van der Waals surface area contributed by atoms with Crippen molar-refractivity contribution in [2.45, 2.75) is 12.6 Å². The largest absolute Gasteiger partial charge is 0.349 e. The predicted octanol–water partition coefficient (Wildman–Crippen LogP) is 1.29. The molecule has 0 radical (unpaired) electrons. The number of fused-ring (bicyclic) bond motifs is 1. The number of rotatable bonds is 4. The number of nitriles is 1. The Morgan fingerprint density at radius 2 is 2.05 bits per heavy atom. The highest BCUT2D eigenvalue weighted by Gasteiger charge is 2.55. The minimum Gasteiger partial charge on any atom is -0.349 e. The minimum atomic E-state index is -0.0666. The standard InChI is InChI=1S/C16H17N3O/c1-2-15(20)18-16-13-9-19(10-14(13)16)8-12-5-3-11(7-17)4-6-12/h2-6,13-14,16H,1,8-10H2,(H,18,20)/t13-,14+,16+. The molecular formula is C16H17N3O. The zero-order valence-electron chi connectivity index (χ0n) is 11.2. The van der Waals surface area contributed by atoms with Crippen molar-refractivity contribution in [3.05, 3.63) is 48.0 Å². The SMILES string of the molecule is C=CC(=O)N[C@H]1[C@@H]2CN(Cc3ccc(C#N)cc3)C[C@@H]21. The number of nitrogens with one attached hydrogen (secondary N) is 1. The molecule has 4 nitrogen and oxygen atoms in total. The molecule has 1 aromatic rings. The summed E-state index contributed by atoms with van der Waals surface area (Å²) in [5.74, 6) is 1.12. The van der Waals surface area contributed by atoms with Gasteiger partial charge in [0.25, 0.3) is 0 Å². The molecule has 102 valence electrons. The third-order valence-corrected chi connectivity index (χ3v) is 4.25. The molecule has 1 heterocycles. The maximum Gasteiger partial charge on any atom is 0.243 e. The lowest BCUT2D eigenvalue weighted by molar-refractivity contribution is -0.116. The Hall–Kier alpha value is -2.12. The first-order chi connectivity index (χ1) is 9.71. The van der Waals surface area contributed by atoms with Crippen molar-refractivity contribution >= 4 is 5.91 Å². The van der Waals surface area contributed by atoms with Crippen molar-refractivity contribution in [3.8, 4) is 6.07 Å². The molecule has 20 heavy (non-hydrogen) atoms. The van der Waals surface area contributed by atoms with Gasteiger partial charge in [0.2, 0.25) is 5.91 Å². The maximum atomic E-state index is 11.3. The van der Waals surface area contributed by atoms with Gasteiger partial charge in [0, 0.05) is 25.7 Å². The second-order valence-electron chi connectivity index (χ2n) is 5.57. The fourth-order valence-corrected chi connectivity index (χ4v) is 3.12. The van der Waals surface area contributed by atoms with Gasteiger partial charge in [-0.2, -0.15) is 5.26 Å². The second kappa shape index (κ2) is 5.10. The molecule has 4 heteroatoms. The van der Waals surface area contributed by atoms with Crippen LogP contribution in [0.15, 0.2) is 36.9 Å². The van der Waals surface area contributed by atoms with Crippen molar-refractivity contribution in [3.63, 3.8) is 0 Å². The molecule has 1 amide bonds. The fraction of sp³-hybridized carbons (Fsp3) is 0.375. The van der Waals surface area contributed by atoms with E-state index in [1.54, 1.807) is 0 Å². The fourth-order valence-electron chi connectivity index (χ4n) is 3.12. The molecule has 1 aromatic carbocycles. The van der Waals surface area contributed by atoms with Crippen LogP contribution in [0.2, 0.25) is 0 Å². The van der Waals surface area contributed by atoms with E-state index in [4.69, 9.17) is 5.26 Å². The van der Waals surface area contributed by atoms with Crippen molar-refractivity contribution in [1.29, 1.82) is 5.26 Å². The van der Waals surface area contributed by atoms with E-state index in [1.165, 1.54) is 11.6 Å². The molecule has 0 unspecified atom stereocenters. The average molecular weight is 267 g/mol. The number of nitrogens with zero attached hydrogens (tertiary/aromatic N) is 2. The van der Waals surface area contributed by atoms with Gasteiger partial charge in [0.15, 0.2) is 0 Å². The summed E-state index contributed by atoms with van der Waals surface area (Å²) in [7, 11) is 0. The van der Waals surface area contributed by atoms with Crippen molar-refractivity contribution in [1.82, 2.24) is 10.2 Å². The molecule has 3 atom stereocenters. The second-order valence-corrected chi connectivity index (χ2v) is 5.57. The lowest BCUT2D eigenvalue weighted by Crippen LogP contribution is -2.33. The van der Waals surface area contributed by atoms with E-state index >= 15 is 0 Å². The lowest BCUT2D eigenvalue weighted by Gasteiger charge is -2.19. The smallest absolute Gasteiger partial charge is 0.243 e. The molecule has 1 aliphatic heterocycles. The maximum absolute atomic E-state index is 11.3. The van der Waals surface area contributed by atoms with Crippen LogP contribution in [0, 0.1) is 23.2 Å². The van der Waals surface area contributed by atoms with E-state index in [0.717, 1.165) is 19.6 Å². The van der Waals surface area contributed by atoms with Crippen LogP contribution in [0.25, 0.3) is 0 Å². The Balaban J connectivity index is 1.50. The summed E-state index contributed by atoms with van der Waals surface area (Å²) in [6, 6.07) is 10.2. The van der Waals surface area contributed by atoms with E-state index in [-0.39, 0.29) is 5.91 Å². The Labute approximate surface area is 118 Å². The Morgan fingerprint density at radius 1 is 1.40 bits per heavy atom. The summed E-state index contributed by atoms with van der Waals surface area (Å²) in [4.78, 5) is 13.7. The molecule has 1 N–H and O–H groups in total. The first-order valence-electron chi connectivity index (χ1n) is 6.85. The highest BCUT2D eigenvalue weighted by molar-refractivity contribution is 5.87. The first kappa shape index (κ1) is 12.9. The van der Waals surface area contributed by atoms with Gasteiger partial charge in [-0.15, -0.1) is 0 Å². The van der Waals surface area contributed by atoms with E-state index in [0.29, 0.717) is 23.4 Å². The zero-order valence-corrected chi connectivity index (χ0v) is 11.2. The minimum absolute atomic E-state index is 0.0666. The highest BCUT2D eigenvalue weighted by atomic mass is 16.1. The van der Waals surface area contributed by atoms with Crippen LogP contribution < -0.4 is 5.32 Å². The van der Waals surface area contributed by atoms with Crippen LogP contribution in [0.4, 0.5) is 0 Å². The predicted molar refractivity (Wildman–Crippen MR) is 75.5 cm³/mol. The normalized spacial score (nSPS) is 27.4. The van der Waals surface area contributed by atoms with Crippen molar-refractivity contribution in [2.24, 2.45) is 11.8 Å². The molecular weight excluding hydrogens is 250 g/mol. The number of hydrogen-bond donors (Lipinski definition) is 1. The summed E-state index contributed by atoms with van der Waals surface area (Å²) in [6.07, 6.45) is 1.34. The summed E-state index contributed by atoms with van der Waals surface area (Å²) in [6.45, 7) is 6.46. The van der Waals surface area contributed by atoms with Gasteiger partial charge < -0.3 is 5.32 Å².